The normalized spacial score (nSPS) is 10.4. The summed E-state index contributed by atoms with van der Waals surface area (Å²) in [6, 6.07) is 0. The molecule has 6 heteroatoms. The van der Waals surface area contributed by atoms with Gasteiger partial charge in [-0.05, 0) is 13.3 Å². The van der Waals surface area contributed by atoms with Gasteiger partial charge in [-0.25, -0.2) is 0 Å². The van der Waals surface area contributed by atoms with Gasteiger partial charge in [0.05, 0.1) is 39.5 Å². The molecule has 21 heavy (non-hydrogen) atoms. The van der Waals surface area contributed by atoms with Crippen molar-refractivity contribution < 1.29 is 28.5 Å². The molecule has 0 heterocycles. The second-order valence-corrected chi connectivity index (χ2v) is 4.46. The summed E-state index contributed by atoms with van der Waals surface area (Å²) in [6.45, 7) is 6.03. The van der Waals surface area contributed by atoms with E-state index in [4.69, 9.17) is 18.9 Å². The van der Waals surface area contributed by atoms with E-state index in [2.05, 4.69) is 6.92 Å². The van der Waals surface area contributed by atoms with Gasteiger partial charge in [-0.1, -0.05) is 19.8 Å². The van der Waals surface area contributed by atoms with Crippen molar-refractivity contribution in [3.63, 3.8) is 0 Å². The van der Waals surface area contributed by atoms with Gasteiger partial charge in [-0.15, -0.1) is 0 Å². The van der Waals surface area contributed by atoms with Crippen molar-refractivity contribution in [1.82, 2.24) is 0 Å². The summed E-state index contributed by atoms with van der Waals surface area (Å²) in [5.74, 6) is -0.425. The quantitative estimate of drug-likeness (QED) is 0.361. The van der Waals surface area contributed by atoms with Crippen molar-refractivity contribution in [2.24, 2.45) is 0 Å². The maximum absolute atomic E-state index is 11.3. The van der Waals surface area contributed by atoms with Crippen LogP contribution in [-0.2, 0) is 28.5 Å². The predicted molar refractivity (Wildman–Crippen MR) is 78.0 cm³/mol. The van der Waals surface area contributed by atoms with Crippen molar-refractivity contribution in [1.29, 1.82) is 0 Å². The molecule has 0 N–H and O–H groups in total. The van der Waals surface area contributed by atoms with Crippen molar-refractivity contribution in [2.45, 2.75) is 46.0 Å². The number of ether oxygens (including phenoxy) is 4. The molecule has 6 nitrogen and oxygen atoms in total. The molecule has 0 amide bonds. The second kappa shape index (κ2) is 15.3. The Balaban J connectivity index is 3.18. The Morgan fingerprint density at radius 1 is 0.714 bits per heavy atom. The lowest BCUT2D eigenvalue weighted by Crippen LogP contribution is -2.14. The van der Waals surface area contributed by atoms with Gasteiger partial charge in [0.1, 0.15) is 6.61 Å². The first-order valence-corrected chi connectivity index (χ1v) is 7.67. The Morgan fingerprint density at radius 3 is 2.00 bits per heavy atom. The monoisotopic (exact) mass is 304 g/mol. The predicted octanol–water partition coefficient (Wildman–Crippen LogP) is 2.10. The molecular formula is C15H28O6. The molecule has 0 bridgehead atoms. The molecule has 0 aromatic carbocycles. The van der Waals surface area contributed by atoms with Crippen molar-refractivity contribution in [2.75, 3.05) is 39.6 Å². The van der Waals surface area contributed by atoms with Crippen molar-refractivity contribution in [3.8, 4) is 0 Å². The number of hydrogen-bond acceptors (Lipinski definition) is 6. The lowest BCUT2D eigenvalue weighted by molar-refractivity contribution is -0.145. The van der Waals surface area contributed by atoms with Gasteiger partial charge in [-0.3, -0.25) is 9.59 Å². The van der Waals surface area contributed by atoms with Crippen LogP contribution in [0.25, 0.3) is 0 Å². The van der Waals surface area contributed by atoms with Crippen LogP contribution in [0.4, 0.5) is 0 Å². The molecule has 0 atom stereocenters. The van der Waals surface area contributed by atoms with E-state index in [1.807, 2.05) is 0 Å². The molecule has 0 saturated carbocycles. The minimum absolute atomic E-state index is 0.169. The van der Waals surface area contributed by atoms with Crippen LogP contribution in [0.3, 0.4) is 0 Å². The third kappa shape index (κ3) is 15.1. The minimum atomic E-state index is -0.256. The van der Waals surface area contributed by atoms with E-state index in [1.54, 1.807) is 6.92 Å². The molecule has 0 radical (unpaired) electrons. The van der Waals surface area contributed by atoms with Crippen LogP contribution >= 0.6 is 0 Å². The average molecular weight is 304 g/mol. The molecule has 0 aliphatic rings. The van der Waals surface area contributed by atoms with Crippen LogP contribution in [0.2, 0.25) is 0 Å². The summed E-state index contributed by atoms with van der Waals surface area (Å²) < 4.78 is 20.2. The third-order valence-corrected chi connectivity index (χ3v) is 2.60. The van der Waals surface area contributed by atoms with Gasteiger partial charge in [0.15, 0.2) is 0 Å². The SMILES string of the molecule is CCCCCC(=O)OCCOCCOCCC(=O)OCC. The highest BCUT2D eigenvalue weighted by atomic mass is 16.6. The summed E-state index contributed by atoms with van der Waals surface area (Å²) in [5, 5.41) is 0. The Kier molecular flexibility index (Phi) is 14.4. The molecule has 0 unspecified atom stereocenters. The third-order valence-electron chi connectivity index (χ3n) is 2.60. The van der Waals surface area contributed by atoms with Crippen LogP contribution in [0.15, 0.2) is 0 Å². The number of unbranched alkanes of at least 4 members (excludes halogenated alkanes) is 2. The first-order valence-electron chi connectivity index (χ1n) is 7.67. The fourth-order valence-electron chi connectivity index (χ4n) is 1.52. The van der Waals surface area contributed by atoms with Crippen LogP contribution in [0.5, 0.6) is 0 Å². The standard InChI is InChI=1S/C15H28O6/c1-3-5-6-7-14(16)21-13-12-19-11-10-18-9-8-15(17)20-4-2/h3-13H2,1-2H3. The fourth-order valence-corrected chi connectivity index (χ4v) is 1.52. The Hall–Kier alpha value is -1.14. The van der Waals surface area contributed by atoms with Crippen LogP contribution in [0, 0.1) is 0 Å². The first-order chi connectivity index (χ1) is 10.2. The molecule has 0 saturated heterocycles. The number of hydrogen-bond donors (Lipinski definition) is 0. The zero-order valence-electron chi connectivity index (χ0n) is 13.2. The molecule has 0 aliphatic heterocycles. The summed E-state index contributed by atoms with van der Waals surface area (Å²) in [6.07, 6.45) is 3.75. The maximum atomic E-state index is 11.3. The summed E-state index contributed by atoms with van der Waals surface area (Å²) in [7, 11) is 0. The maximum Gasteiger partial charge on any atom is 0.308 e. The van der Waals surface area contributed by atoms with Crippen molar-refractivity contribution >= 4 is 11.9 Å². The number of carbonyl (C=O) groups excluding carboxylic acids is 2. The van der Waals surface area contributed by atoms with Gasteiger partial charge in [0, 0.05) is 6.42 Å². The Morgan fingerprint density at radius 2 is 1.33 bits per heavy atom. The molecule has 0 rings (SSSR count). The van der Waals surface area contributed by atoms with E-state index >= 15 is 0 Å². The van der Waals surface area contributed by atoms with E-state index in [9.17, 15) is 9.59 Å². The Bertz CT molecular complexity index is 267. The van der Waals surface area contributed by atoms with Crippen LogP contribution in [-0.4, -0.2) is 51.6 Å². The lowest BCUT2D eigenvalue weighted by Gasteiger charge is -2.07. The fraction of sp³-hybridized carbons (Fsp3) is 0.867. The average Bonchev–Trinajstić information content (AvgIpc) is 2.46. The molecule has 0 fully saturated rings. The van der Waals surface area contributed by atoms with Crippen LogP contribution < -0.4 is 0 Å². The van der Waals surface area contributed by atoms with E-state index in [1.165, 1.54) is 0 Å². The molecule has 0 aromatic rings. The van der Waals surface area contributed by atoms with E-state index in [0.29, 0.717) is 39.5 Å². The highest BCUT2D eigenvalue weighted by molar-refractivity contribution is 5.69. The van der Waals surface area contributed by atoms with Crippen LogP contribution in [0.1, 0.15) is 46.0 Å². The van der Waals surface area contributed by atoms with Gasteiger partial charge in [-0.2, -0.15) is 0 Å². The summed E-state index contributed by atoms with van der Waals surface area (Å²) in [5.41, 5.74) is 0. The van der Waals surface area contributed by atoms with E-state index in [0.717, 1.165) is 19.3 Å². The zero-order chi connectivity index (χ0) is 15.8. The zero-order valence-corrected chi connectivity index (χ0v) is 13.2. The van der Waals surface area contributed by atoms with Gasteiger partial charge in [0.25, 0.3) is 0 Å². The molecule has 0 aliphatic carbocycles. The van der Waals surface area contributed by atoms with Gasteiger partial charge < -0.3 is 18.9 Å². The van der Waals surface area contributed by atoms with E-state index < -0.39 is 0 Å². The molecule has 0 aromatic heterocycles. The number of rotatable bonds is 14. The molecule has 0 spiro atoms. The first kappa shape index (κ1) is 19.9. The van der Waals surface area contributed by atoms with E-state index in [-0.39, 0.29) is 25.0 Å². The molecule has 124 valence electrons. The van der Waals surface area contributed by atoms with Gasteiger partial charge in [0.2, 0.25) is 0 Å². The molecular weight excluding hydrogens is 276 g/mol. The summed E-state index contributed by atoms with van der Waals surface area (Å²) in [4.78, 5) is 22.3. The Labute approximate surface area is 127 Å². The summed E-state index contributed by atoms with van der Waals surface area (Å²) >= 11 is 0. The van der Waals surface area contributed by atoms with Crippen molar-refractivity contribution in [3.05, 3.63) is 0 Å². The smallest absolute Gasteiger partial charge is 0.308 e. The lowest BCUT2D eigenvalue weighted by atomic mass is 10.2. The van der Waals surface area contributed by atoms with Gasteiger partial charge >= 0.3 is 11.9 Å². The highest BCUT2D eigenvalue weighted by Crippen LogP contribution is 2.00. The minimum Gasteiger partial charge on any atom is -0.466 e. The topological polar surface area (TPSA) is 71.1 Å². The highest BCUT2D eigenvalue weighted by Gasteiger charge is 2.02. The number of esters is 2. The second-order valence-electron chi connectivity index (χ2n) is 4.46. The largest absolute Gasteiger partial charge is 0.466 e. The number of carbonyl (C=O) groups is 2.